The molecule has 0 aliphatic rings. The molecule has 284 valence electrons. The fourth-order valence-electron chi connectivity index (χ4n) is 3.95. The molecule has 0 fully saturated rings. The first-order valence-electron chi connectivity index (χ1n) is 14.8. The molecule has 0 spiro atoms. The highest BCUT2D eigenvalue weighted by atomic mass is 79.9. The predicted molar refractivity (Wildman–Crippen MR) is 195 cm³/mol. The van der Waals surface area contributed by atoms with Crippen molar-refractivity contribution in [1.29, 1.82) is 0 Å². The minimum atomic E-state index is -4.38. The molecule has 0 atom stereocenters. The van der Waals surface area contributed by atoms with E-state index in [1.54, 1.807) is 50.2 Å². The van der Waals surface area contributed by atoms with Gasteiger partial charge in [-0.3, -0.25) is 4.18 Å². The molecule has 0 saturated carbocycles. The Balaban J connectivity index is 0.000000225. The van der Waals surface area contributed by atoms with Crippen molar-refractivity contribution >= 4 is 62.2 Å². The molecular weight excluding hydrogens is 896 g/mol. The first kappa shape index (κ1) is 43.9. The van der Waals surface area contributed by atoms with Crippen molar-refractivity contribution in [3.8, 4) is 0 Å². The molecule has 1 N–H and O–H groups in total. The second kappa shape index (κ2) is 18.7. The molecule has 9 nitrogen and oxygen atoms in total. The fourth-order valence-corrected chi connectivity index (χ4v) is 8.14. The smallest absolute Gasteiger partial charge is 0.311 e. The first-order chi connectivity index (χ1) is 24.6. The zero-order valence-electron chi connectivity index (χ0n) is 27.9. The van der Waals surface area contributed by atoms with Crippen molar-refractivity contribution in [2.24, 2.45) is 0 Å². The van der Waals surface area contributed by atoms with Gasteiger partial charge in [0.1, 0.15) is 23.3 Å². The maximum atomic E-state index is 13.6. The van der Waals surface area contributed by atoms with Gasteiger partial charge in [0.05, 0.1) is 33.5 Å². The lowest BCUT2D eigenvalue weighted by molar-refractivity contribution is 0.269. The largest absolute Gasteiger partial charge is 0.391 e. The molecule has 0 bridgehead atoms. The van der Waals surface area contributed by atoms with Gasteiger partial charge in [0.15, 0.2) is 0 Å². The number of aliphatic hydroxyl groups excluding tert-OH is 1. The van der Waals surface area contributed by atoms with E-state index in [1.807, 2.05) is 6.92 Å². The zero-order valence-corrected chi connectivity index (χ0v) is 33.5. The SMILES string of the molecule is Cc1ccc(S(=O)(=O)OCc2c(F)cc(Br)cc2F)cc1.Cc1ccc(S(=O)(=O)OS(=O)(=O)c2ccc(C)cc2)cc1.OCc1c(F)cc(Br)cc1F. The van der Waals surface area contributed by atoms with Crippen molar-refractivity contribution in [1.82, 2.24) is 0 Å². The van der Waals surface area contributed by atoms with E-state index < -0.39 is 72.4 Å². The molecule has 5 aromatic rings. The molecule has 0 aliphatic carbocycles. The van der Waals surface area contributed by atoms with Crippen LogP contribution in [0, 0.1) is 44.0 Å². The van der Waals surface area contributed by atoms with Crippen molar-refractivity contribution < 1.29 is 55.7 Å². The first-order valence-corrected chi connectivity index (χ1v) is 20.6. The van der Waals surface area contributed by atoms with Gasteiger partial charge in [-0.05, 0) is 81.4 Å². The van der Waals surface area contributed by atoms with E-state index in [0.29, 0.717) is 4.47 Å². The number of hydrogen-bond acceptors (Lipinski definition) is 9. The lowest BCUT2D eigenvalue weighted by Crippen LogP contribution is -2.14. The van der Waals surface area contributed by atoms with E-state index in [2.05, 4.69) is 35.5 Å². The van der Waals surface area contributed by atoms with Crippen LogP contribution >= 0.6 is 31.9 Å². The second-order valence-electron chi connectivity index (χ2n) is 11.0. The molecule has 53 heavy (non-hydrogen) atoms. The Kier molecular flexibility index (Phi) is 15.5. The molecule has 18 heteroatoms. The quantitative estimate of drug-likeness (QED) is 0.114. The Morgan fingerprint density at radius 2 is 0.792 bits per heavy atom. The normalized spacial score (nSPS) is 11.6. The third-order valence-corrected chi connectivity index (χ3v) is 12.2. The monoisotopic (exact) mass is 924 g/mol. The van der Waals surface area contributed by atoms with Crippen LogP contribution in [-0.2, 0) is 51.4 Å². The van der Waals surface area contributed by atoms with Gasteiger partial charge in [-0.25, -0.2) is 17.6 Å². The van der Waals surface area contributed by atoms with Gasteiger partial charge in [0, 0.05) is 14.5 Å². The minimum absolute atomic E-state index is 0.0639. The number of benzene rings is 5. The van der Waals surface area contributed by atoms with Crippen LogP contribution in [0.1, 0.15) is 27.8 Å². The van der Waals surface area contributed by atoms with Gasteiger partial charge in [-0.15, -0.1) is 3.63 Å². The third-order valence-electron chi connectivity index (χ3n) is 6.84. The number of hydrogen-bond donors (Lipinski definition) is 1. The van der Waals surface area contributed by atoms with Gasteiger partial charge in [-0.1, -0.05) is 84.9 Å². The Morgan fingerprint density at radius 1 is 0.509 bits per heavy atom. The molecule has 0 unspecified atom stereocenters. The number of aryl methyl sites for hydroxylation is 3. The summed E-state index contributed by atoms with van der Waals surface area (Å²) in [6.07, 6.45) is 0. The summed E-state index contributed by atoms with van der Waals surface area (Å²) < 4.78 is 134. The zero-order chi connectivity index (χ0) is 39.7. The highest BCUT2D eigenvalue weighted by molar-refractivity contribution is 9.10. The van der Waals surface area contributed by atoms with Gasteiger partial charge >= 0.3 is 20.2 Å². The van der Waals surface area contributed by atoms with Crippen LogP contribution in [0.25, 0.3) is 0 Å². The molecule has 0 aromatic heterocycles. The predicted octanol–water partition coefficient (Wildman–Crippen LogP) is 8.56. The maximum absolute atomic E-state index is 13.6. The van der Waals surface area contributed by atoms with Crippen LogP contribution in [0.15, 0.2) is 121 Å². The van der Waals surface area contributed by atoms with Crippen LogP contribution in [0.5, 0.6) is 0 Å². The van der Waals surface area contributed by atoms with Crippen molar-refractivity contribution in [2.45, 2.75) is 48.7 Å². The summed E-state index contributed by atoms with van der Waals surface area (Å²) in [7, 11) is -12.8. The molecule has 5 rings (SSSR count). The van der Waals surface area contributed by atoms with Gasteiger partial charge in [-0.2, -0.15) is 25.3 Å². The summed E-state index contributed by atoms with van der Waals surface area (Å²) in [5, 5.41) is 8.49. The van der Waals surface area contributed by atoms with Crippen molar-refractivity contribution in [2.75, 3.05) is 0 Å². The van der Waals surface area contributed by atoms with Crippen LogP contribution in [0.2, 0.25) is 0 Å². The van der Waals surface area contributed by atoms with E-state index in [9.17, 15) is 42.8 Å². The summed E-state index contributed by atoms with van der Waals surface area (Å²) in [6, 6.07) is 21.7. The molecule has 0 amide bonds. The van der Waals surface area contributed by atoms with Crippen LogP contribution in [-0.4, -0.2) is 30.4 Å². The minimum Gasteiger partial charge on any atom is -0.391 e. The lowest BCUT2D eigenvalue weighted by atomic mass is 10.2. The summed E-state index contributed by atoms with van der Waals surface area (Å²) in [5.74, 6) is -3.22. The summed E-state index contributed by atoms with van der Waals surface area (Å²) in [6.45, 7) is 4.07. The van der Waals surface area contributed by atoms with Crippen LogP contribution in [0.3, 0.4) is 0 Å². The van der Waals surface area contributed by atoms with E-state index in [-0.39, 0.29) is 24.7 Å². The Hall–Kier alpha value is -3.49. The number of rotatable bonds is 9. The highest BCUT2D eigenvalue weighted by Gasteiger charge is 2.26. The van der Waals surface area contributed by atoms with Gasteiger partial charge in [0.2, 0.25) is 0 Å². The topological polar surface area (TPSA) is 141 Å². The number of aliphatic hydroxyl groups is 1. The average Bonchev–Trinajstić information content (AvgIpc) is 3.05. The Labute approximate surface area is 321 Å². The molecular formula is C35H30Br2F4O9S3. The van der Waals surface area contributed by atoms with E-state index in [4.69, 9.17) is 9.29 Å². The molecule has 0 saturated heterocycles. The summed E-state index contributed by atoms with van der Waals surface area (Å²) in [4.78, 5) is -0.474. The van der Waals surface area contributed by atoms with Gasteiger partial charge in [0.25, 0.3) is 10.1 Å². The highest BCUT2D eigenvalue weighted by Crippen LogP contribution is 2.24. The summed E-state index contributed by atoms with van der Waals surface area (Å²) in [5.41, 5.74) is 1.87. The van der Waals surface area contributed by atoms with Crippen LogP contribution in [0.4, 0.5) is 17.6 Å². The Bertz CT molecular complexity index is 2260. The van der Waals surface area contributed by atoms with E-state index in [0.717, 1.165) is 41.0 Å². The lowest BCUT2D eigenvalue weighted by Gasteiger charge is -2.08. The third kappa shape index (κ3) is 12.8. The Morgan fingerprint density at radius 3 is 1.09 bits per heavy atom. The number of halogens is 6. The van der Waals surface area contributed by atoms with E-state index >= 15 is 0 Å². The average molecular weight is 927 g/mol. The second-order valence-corrected chi connectivity index (χ2v) is 17.7. The van der Waals surface area contributed by atoms with Crippen molar-refractivity contribution in [3.05, 3.63) is 157 Å². The van der Waals surface area contributed by atoms with E-state index in [1.165, 1.54) is 36.4 Å². The fraction of sp³-hybridized carbons (Fsp3) is 0.143. The van der Waals surface area contributed by atoms with Crippen molar-refractivity contribution in [3.63, 3.8) is 0 Å². The molecule has 5 aromatic carbocycles. The van der Waals surface area contributed by atoms with Crippen LogP contribution < -0.4 is 0 Å². The summed E-state index contributed by atoms with van der Waals surface area (Å²) >= 11 is 5.86. The maximum Gasteiger partial charge on any atom is 0.311 e. The standard InChI is InChI=1S/C14H11BrF2O3S.C14H14O5S2.C7H5BrF2O/c1-9-2-4-11(5-3-9)21(18,19)20-8-12-13(16)6-10(15)7-14(12)17;1-11-3-7-13(8-4-11)20(15,16)19-21(17,18)14-9-5-12(2)6-10-14;8-4-1-6(9)5(3-11)7(10)2-4/h2-7H,8H2,1H3;3-10H,1-2H3;1-2,11H,3H2. The molecule has 0 heterocycles. The van der Waals surface area contributed by atoms with Gasteiger partial charge < -0.3 is 5.11 Å². The molecule has 0 radical (unpaired) electrons. The molecule has 0 aliphatic heterocycles.